The average Bonchev–Trinajstić information content (AvgIpc) is 2.15. The topological polar surface area (TPSA) is 69.2 Å². The molecule has 0 radical (unpaired) electrons. The Balaban J connectivity index is 3.42. The molecule has 2 N–H and O–H groups in total. The third-order valence-electron chi connectivity index (χ3n) is 1.86. The molecule has 0 atom stereocenters. The third kappa shape index (κ3) is 2.24. The quantitative estimate of drug-likeness (QED) is 0.612. The Hall–Kier alpha value is -1.63. The molecule has 1 rings (SSSR count). The summed E-state index contributed by atoms with van der Waals surface area (Å²) in [5, 5.41) is 10.4. The second-order valence-corrected chi connectivity index (χ2v) is 2.76. The van der Waals surface area contributed by atoms with Gasteiger partial charge in [0.1, 0.15) is 0 Å². The lowest BCUT2D eigenvalue weighted by Gasteiger charge is -2.11. The number of alkyl halides is 3. The van der Waals surface area contributed by atoms with E-state index in [0.29, 0.717) is 0 Å². The fourth-order valence-corrected chi connectivity index (χ4v) is 1.23. The highest BCUT2D eigenvalue weighted by molar-refractivity contribution is 5.46. The van der Waals surface area contributed by atoms with Crippen LogP contribution in [-0.2, 0) is 12.7 Å². The van der Waals surface area contributed by atoms with Crippen molar-refractivity contribution in [3.05, 3.63) is 39.4 Å². The largest absolute Gasteiger partial charge is 0.416 e. The van der Waals surface area contributed by atoms with E-state index in [1.165, 1.54) is 0 Å². The zero-order valence-corrected chi connectivity index (χ0v) is 7.41. The summed E-state index contributed by atoms with van der Waals surface area (Å²) in [5.41, 5.74) is 2.93. The lowest BCUT2D eigenvalue weighted by molar-refractivity contribution is -0.385. The van der Waals surface area contributed by atoms with Gasteiger partial charge in [0.2, 0.25) is 0 Å². The highest BCUT2D eigenvalue weighted by atomic mass is 19.4. The van der Waals surface area contributed by atoms with E-state index in [4.69, 9.17) is 5.73 Å². The van der Waals surface area contributed by atoms with E-state index in [9.17, 15) is 23.3 Å². The first-order valence-corrected chi connectivity index (χ1v) is 3.91. The number of nitrogens with zero attached hydrogens (tertiary/aromatic N) is 1. The molecule has 0 saturated heterocycles. The van der Waals surface area contributed by atoms with Crippen LogP contribution in [-0.4, -0.2) is 4.92 Å². The molecular formula is C8H7F3N2O2. The van der Waals surface area contributed by atoms with E-state index in [-0.39, 0.29) is 0 Å². The van der Waals surface area contributed by atoms with Crippen molar-refractivity contribution in [2.75, 3.05) is 0 Å². The molecule has 7 heteroatoms. The lowest BCUT2D eigenvalue weighted by atomic mass is 10.1. The Bertz CT molecular complexity index is 390. The van der Waals surface area contributed by atoms with Gasteiger partial charge in [0, 0.05) is 12.6 Å². The molecule has 0 saturated carbocycles. The van der Waals surface area contributed by atoms with Crippen molar-refractivity contribution >= 4 is 5.69 Å². The maximum absolute atomic E-state index is 12.4. The predicted octanol–water partition coefficient (Wildman–Crippen LogP) is 2.07. The van der Waals surface area contributed by atoms with E-state index >= 15 is 0 Å². The summed E-state index contributed by atoms with van der Waals surface area (Å²) in [4.78, 5) is 9.56. The molecular weight excluding hydrogens is 213 g/mol. The number of nitro benzene ring substituents is 1. The highest BCUT2D eigenvalue weighted by Gasteiger charge is 2.35. The van der Waals surface area contributed by atoms with Gasteiger partial charge in [0.15, 0.2) is 0 Å². The normalized spacial score (nSPS) is 11.5. The summed E-state index contributed by atoms with van der Waals surface area (Å²) in [6.45, 7) is -0.522. The number of hydrogen-bond donors (Lipinski definition) is 1. The van der Waals surface area contributed by atoms with Gasteiger partial charge in [0.25, 0.3) is 5.69 Å². The first-order valence-electron chi connectivity index (χ1n) is 3.91. The van der Waals surface area contributed by atoms with Crippen molar-refractivity contribution in [1.29, 1.82) is 0 Å². The third-order valence-corrected chi connectivity index (χ3v) is 1.86. The van der Waals surface area contributed by atoms with Gasteiger partial charge >= 0.3 is 6.18 Å². The Morgan fingerprint density at radius 1 is 1.40 bits per heavy atom. The summed E-state index contributed by atoms with van der Waals surface area (Å²) >= 11 is 0. The maximum Gasteiger partial charge on any atom is 0.416 e. The van der Waals surface area contributed by atoms with E-state index < -0.39 is 34.5 Å². The number of nitro groups is 1. The minimum Gasteiger partial charge on any atom is -0.326 e. The van der Waals surface area contributed by atoms with E-state index in [2.05, 4.69) is 0 Å². The van der Waals surface area contributed by atoms with Crippen LogP contribution in [0.15, 0.2) is 18.2 Å². The molecule has 0 bridgehead atoms. The summed E-state index contributed by atoms with van der Waals surface area (Å²) in [6, 6.07) is 2.76. The monoisotopic (exact) mass is 220 g/mol. The van der Waals surface area contributed by atoms with Crippen LogP contribution < -0.4 is 5.73 Å². The molecule has 0 fully saturated rings. The molecule has 0 unspecified atom stereocenters. The van der Waals surface area contributed by atoms with Crippen molar-refractivity contribution in [1.82, 2.24) is 0 Å². The Kier molecular flexibility index (Phi) is 2.94. The lowest BCUT2D eigenvalue weighted by Crippen LogP contribution is -2.13. The first kappa shape index (κ1) is 11.4. The second kappa shape index (κ2) is 3.85. The summed E-state index contributed by atoms with van der Waals surface area (Å²) in [5.74, 6) is 0. The van der Waals surface area contributed by atoms with Crippen LogP contribution in [0.5, 0.6) is 0 Å². The van der Waals surface area contributed by atoms with Crippen LogP contribution >= 0.6 is 0 Å². The van der Waals surface area contributed by atoms with Gasteiger partial charge in [-0.1, -0.05) is 6.07 Å². The van der Waals surface area contributed by atoms with Gasteiger partial charge in [-0.05, 0) is 6.07 Å². The summed E-state index contributed by atoms with van der Waals surface area (Å²) < 4.78 is 37.2. The molecule has 0 spiro atoms. The molecule has 15 heavy (non-hydrogen) atoms. The van der Waals surface area contributed by atoms with Crippen molar-refractivity contribution in [3.63, 3.8) is 0 Å². The summed E-state index contributed by atoms with van der Waals surface area (Å²) in [6.07, 6.45) is -4.62. The Labute approximate surface area is 82.7 Å². The molecule has 0 aliphatic carbocycles. The molecule has 0 aliphatic rings. The molecule has 0 aromatic heterocycles. The second-order valence-electron chi connectivity index (χ2n) is 2.76. The van der Waals surface area contributed by atoms with Gasteiger partial charge in [0.05, 0.1) is 16.1 Å². The van der Waals surface area contributed by atoms with Gasteiger partial charge < -0.3 is 5.73 Å². The van der Waals surface area contributed by atoms with Crippen LogP contribution in [0.25, 0.3) is 0 Å². The van der Waals surface area contributed by atoms with E-state index in [1.54, 1.807) is 0 Å². The van der Waals surface area contributed by atoms with Crippen LogP contribution in [0.4, 0.5) is 18.9 Å². The molecule has 4 nitrogen and oxygen atoms in total. The van der Waals surface area contributed by atoms with Gasteiger partial charge in [-0.2, -0.15) is 13.2 Å². The predicted molar refractivity (Wildman–Crippen MR) is 46.0 cm³/mol. The SMILES string of the molecule is NCc1c([N+](=O)[O-])cccc1C(F)(F)F. The van der Waals surface area contributed by atoms with Crippen molar-refractivity contribution in [2.45, 2.75) is 12.7 Å². The fraction of sp³-hybridized carbons (Fsp3) is 0.250. The minimum absolute atomic E-state index is 0.491. The van der Waals surface area contributed by atoms with Crippen molar-refractivity contribution in [2.24, 2.45) is 5.73 Å². The zero-order chi connectivity index (χ0) is 11.6. The zero-order valence-electron chi connectivity index (χ0n) is 7.41. The molecule has 0 aliphatic heterocycles. The average molecular weight is 220 g/mol. The fourth-order valence-electron chi connectivity index (χ4n) is 1.23. The van der Waals surface area contributed by atoms with Crippen LogP contribution in [0.1, 0.15) is 11.1 Å². The maximum atomic E-state index is 12.4. The Morgan fingerprint density at radius 2 is 2.00 bits per heavy atom. The summed E-state index contributed by atoms with van der Waals surface area (Å²) in [7, 11) is 0. The van der Waals surface area contributed by atoms with Crippen molar-refractivity contribution in [3.8, 4) is 0 Å². The molecule has 82 valence electrons. The minimum atomic E-state index is -4.62. The van der Waals surface area contributed by atoms with Crippen molar-refractivity contribution < 1.29 is 18.1 Å². The van der Waals surface area contributed by atoms with E-state index in [1.807, 2.05) is 0 Å². The molecule has 0 heterocycles. The van der Waals surface area contributed by atoms with E-state index in [0.717, 1.165) is 18.2 Å². The van der Waals surface area contributed by atoms with Gasteiger partial charge in [-0.3, -0.25) is 10.1 Å². The number of benzene rings is 1. The van der Waals surface area contributed by atoms with Crippen LogP contribution in [0.3, 0.4) is 0 Å². The number of halogens is 3. The first-order chi connectivity index (χ1) is 6.88. The van der Waals surface area contributed by atoms with Gasteiger partial charge in [-0.25, -0.2) is 0 Å². The van der Waals surface area contributed by atoms with Crippen LogP contribution in [0, 0.1) is 10.1 Å². The molecule has 1 aromatic rings. The number of rotatable bonds is 2. The Morgan fingerprint density at radius 3 is 2.40 bits per heavy atom. The number of nitrogens with two attached hydrogens (primary N) is 1. The van der Waals surface area contributed by atoms with Gasteiger partial charge in [-0.15, -0.1) is 0 Å². The molecule has 0 amide bonds. The molecule has 1 aromatic carbocycles. The smallest absolute Gasteiger partial charge is 0.326 e. The highest BCUT2D eigenvalue weighted by Crippen LogP contribution is 2.35. The number of hydrogen-bond acceptors (Lipinski definition) is 3. The standard InChI is InChI=1S/C8H7F3N2O2/c9-8(10,11)6-2-1-3-7(13(14)15)5(6)4-12/h1-3H,4,12H2. The van der Waals surface area contributed by atoms with Crippen LogP contribution in [0.2, 0.25) is 0 Å².